The van der Waals surface area contributed by atoms with Crippen LogP contribution in [0.2, 0.25) is 0 Å². The van der Waals surface area contributed by atoms with Crippen molar-refractivity contribution >= 4 is 11.7 Å². The maximum Gasteiger partial charge on any atom is 0.271 e. The van der Waals surface area contributed by atoms with Crippen LogP contribution >= 0.6 is 0 Å². The molecule has 0 aliphatic heterocycles. The van der Waals surface area contributed by atoms with Gasteiger partial charge in [0.1, 0.15) is 30.0 Å². The molecular weight excluding hydrogens is 304 g/mol. The molecule has 2 aromatic heterocycles. The van der Waals surface area contributed by atoms with E-state index in [1.165, 1.54) is 6.33 Å². The van der Waals surface area contributed by atoms with Gasteiger partial charge in [0.25, 0.3) is 5.91 Å². The van der Waals surface area contributed by atoms with Crippen LogP contribution in [0.3, 0.4) is 0 Å². The summed E-state index contributed by atoms with van der Waals surface area (Å²) in [6, 6.07) is 11.6. The van der Waals surface area contributed by atoms with Crippen molar-refractivity contribution in [2.24, 2.45) is 0 Å². The Morgan fingerprint density at radius 2 is 1.96 bits per heavy atom. The lowest BCUT2D eigenvalue weighted by Gasteiger charge is -2.11. The number of carbonyl (C=O) groups is 1. The van der Waals surface area contributed by atoms with Crippen molar-refractivity contribution in [1.29, 1.82) is 0 Å². The lowest BCUT2D eigenvalue weighted by Crippen LogP contribution is -2.23. The van der Waals surface area contributed by atoms with Gasteiger partial charge in [0.2, 0.25) is 0 Å². The lowest BCUT2D eigenvalue weighted by molar-refractivity contribution is 0.0946. The summed E-state index contributed by atoms with van der Waals surface area (Å²) in [7, 11) is 3.81. The Morgan fingerprint density at radius 1 is 1.17 bits per heavy atom. The second-order valence-corrected chi connectivity index (χ2v) is 5.46. The number of hydrogen-bond donors (Lipinski definition) is 1. The van der Waals surface area contributed by atoms with E-state index in [2.05, 4.69) is 20.3 Å². The van der Waals surface area contributed by atoms with Crippen LogP contribution in [0.15, 0.2) is 55.2 Å². The largest absolute Gasteiger partial charge is 0.363 e. The minimum absolute atomic E-state index is 0.223. The Hall–Kier alpha value is -3.22. The van der Waals surface area contributed by atoms with Crippen molar-refractivity contribution in [2.75, 3.05) is 19.0 Å². The standard InChI is InChI=1S/C17H18N6O/c1-22(2)15-8-16(20-11-19-15)23-10-14(21-12-23)17(24)18-9-13-6-4-3-5-7-13/h3-8,10-12H,9H2,1-2H3,(H,18,24). The van der Waals surface area contributed by atoms with Crippen LogP contribution in [-0.2, 0) is 6.54 Å². The summed E-state index contributed by atoms with van der Waals surface area (Å²) >= 11 is 0. The molecule has 1 N–H and O–H groups in total. The summed E-state index contributed by atoms with van der Waals surface area (Å²) in [6.45, 7) is 0.463. The van der Waals surface area contributed by atoms with Crippen molar-refractivity contribution < 1.29 is 4.79 Å². The van der Waals surface area contributed by atoms with Gasteiger partial charge in [0, 0.05) is 32.9 Å². The van der Waals surface area contributed by atoms with Crippen LogP contribution in [0, 0.1) is 0 Å². The number of nitrogens with zero attached hydrogens (tertiary/aromatic N) is 5. The summed E-state index contributed by atoms with van der Waals surface area (Å²) in [5.74, 6) is 1.21. The third-order valence-corrected chi connectivity index (χ3v) is 3.47. The third kappa shape index (κ3) is 3.57. The van der Waals surface area contributed by atoms with Crippen LogP contribution in [0.1, 0.15) is 16.1 Å². The van der Waals surface area contributed by atoms with E-state index in [1.54, 1.807) is 17.1 Å². The van der Waals surface area contributed by atoms with Crippen LogP contribution in [-0.4, -0.2) is 39.5 Å². The molecule has 0 bridgehead atoms. The fourth-order valence-electron chi connectivity index (χ4n) is 2.16. The van der Waals surface area contributed by atoms with Gasteiger partial charge in [0.05, 0.1) is 0 Å². The Labute approximate surface area is 140 Å². The topological polar surface area (TPSA) is 75.9 Å². The number of imidazole rings is 1. The average Bonchev–Trinajstić information content (AvgIpc) is 3.11. The predicted molar refractivity (Wildman–Crippen MR) is 91.1 cm³/mol. The summed E-state index contributed by atoms with van der Waals surface area (Å²) in [4.78, 5) is 26.6. The fourth-order valence-corrected chi connectivity index (χ4v) is 2.16. The van der Waals surface area contributed by atoms with Gasteiger partial charge in [-0.15, -0.1) is 0 Å². The van der Waals surface area contributed by atoms with E-state index in [-0.39, 0.29) is 5.91 Å². The summed E-state index contributed by atoms with van der Waals surface area (Å²) in [5, 5.41) is 2.85. The Balaban J connectivity index is 1.71. The molecule has 122 valence electrons. The number of hydrogen-bond acceptors (Lipinski definition) is 5. The monoisotopic (exact) mass is 322 g/mol. The van der Waals surface area contributed by atoms with Gasteiger partial charge in [-0.05, 0) is 5.56 Å². The van der Waals surface area contributed by atoms with E-state index in [0.29, 0.717) is 18.1 Å². The van der Waals surface area contributed by atoms with E-state index in [1.807, 2.05) is 55.4 Å². The fraction of sp³-hybridized carbons (Fsp3) is 0.176. The normalized spacial score (nSPS) is 10.4. The third-order valence-electron chi connectivity index (χ3n) is 3.47. The van der Waals surface area contributed by atoms with Gasteiger partial charge in [0.15, 0.2) is 0 Å². The molecule has 1 amide bonds. The van der Waals surface area contributed by atoms with Crippen molar-refractivity contribution in [1.82, 2.24) is 24.8 Å². The zero-order valence-corrected chi connectivity index (χ0v) is 13.5. The zero-order valence-electron chi connectivity index (χ0n) is 13.5. The molecule has 0 atom stereocenters. The number of benzene rings is 1. The summed E-state index contributed by atoms with van der Waals surface area (Å²) in [5.41, 5.74) is 1.38. The molecule has 1 aromatic carbocycles. The van der Waals surface area contributed by atoms with E-state index in [9.17, 15) is 4.79 Å². The number of rotatable bonds is 5. The number of amides is 1. The Kier molecular flexibility index (Phi) is 4.51. The Bertz CT molecular complexity index is 828. The molecule has 0 saturated heterocycles. The molecule has 0 unspecified atom stereocenters. The van der Waals surface area contributed by atoms with Crippen LogP contribution < -0.4 is 10.2 Å². The number of nitrogens with one attached hydrogen (secondary N) is 1. The van der Waals surface area contributed by atoms with E-state index < -0.39 is 0 Å². The van der Waals surface area contributed by atoms with Crippen molar-refractivity contribution in [2.45, 2.75) is 6.54 Å². The number of carbonyl (C=O) groups excluding carboxylic acids is 1. The molecule has 24 heavy (non-hydrogen) atoms. The maximum atomic E-state index is 12.2. The SMILES string of the molecule is CN(C)c1cc(-n2cnc(C(=O)NCc3ccccc3)c2)ncn1. The molecule has 7 nitrogen and oxygen atoms in total. The molecule has 0 aliphatic carbocycles. The molecular formula is C17H18N6O. The molecule has 3 rings (SSSR count). The summed E-state index contributed by atoms with van der Waals surface area (Å²) < 4.78 is 1.70. The number of anilines is 1. The van der Waals surface area contributed by atoms with Crippen molar-refractivity contribution in [3.63, 3.8) is 0 Å². The summed E-state index contributed by atoms with van der Waals surface area (Å²) in [6.07, 6.45) is 4.71. The number of aromatic nitrogens is 4. The second-order valence-electron chi connectivity index (χ2n) is 5.46. The smallest absolute Gasteiger partial charge is 0.271 e. The zero-order chi connectivity index (χ0) is 16.9. The van der Waals surface area contributed by atoms with Gasteiger partial charge in [-0.3, -0.25) is 9.36 Å². The van der Waals surface area contributed by atoms with Gasteiger partial charge in [-0.1, -0.05) is 30.3 Å². The van der Waals surface area contributed by atoms with Gasteiger partial charge in [-0.2, -0.15) is 0 Å². The molecule has 3 aromatic rings. The van der Waals surface area contributed by atoms with Crippen molar-refractivity contribution in [3.8, 4) is 5.82 Å². The van der Waals surface area contributed by atoms with Gasteiger partial charge < -0.3 is 10.2 Å². The van der Waals surface area contributed by atoms with E-state index in [4.69, 9.17) is 0 Å². The van der Waals surface area contributed by atoms with Gasteiger partial charge in [-0.25, -0.2) is 15.0 Å². The first-order valence-electron chi connectivity index (χ1n) is 7.49. The van der Waals surface area contributed by atoms with E-state index >= 15 is 0 Å². The quantitative estimate of drug-likeness (QED) is 0.773. The minimum atomic E-state index is -0.223. The first kappa shape index (κ1) is 15.7. The van der Waals surface area contributed by atoms with Crippen LogP contribution in [0.5, 0.6) is 0 Å². The predicted octanol–water partition coefficient (Wildman–Crippen LogP) is 1.66. The van der Waals surface area contributed by atoms with Crippen LogP contribution in [0.25, 0.3) is 5.82 Å². The molecule has 2 heterocycles. The van der Waals surface area contributed by atoms with Crippen LogP contribution in [0.4, 0.5) is 5.82 Å². The average molecular weight is 322 g/mol. The molecule has 0 aliphatic rings. The maximum absolute atomic E-state index is 12.2. The molecule has 0 saturated carbocycles. The molecule has 7 heteroatoms. The van der Waals surface area contributed by atoms with Gasteiger partial charge >= 0.3 is 0 Å². The first-order valence-corrected chi connectivity index (χ1v) is 7.49. The molecule has 0 fully saturated rings. The van der Waals surface area contributed by atoms with Crippen molar-refractivity contribution in [3.05, 3.63) is 66.5 Å². The highest BCUT2D eigenvalue weighted by atomic mass is 16.1. The first-order chi connectivity index (χ1) is 11.6. The Morgan fingerprint density at radius 3 is 2.71 bits per heavy atom. The minimum Gasteiger partial charge on any atom is -0.363 e. The molecule has 0 spiro atoms. The second kappa shape index (κ2) is 6.91. The van der Waals surface area contributed by atoms with E-state index in [0.717, 1.165) is 11.4 Å². The molecule has 0 radical (unpaired) electrons. The lowest BCUT2D eigenvalue weighted by atomic mass is 10.2. The highest BCUT2D eigenvalue weighted by Crippen LogP contribution is 2.12. The highest BCUT2D eigenvalue weighted by Gasteiger charge is 2.11. The highest BCUT2D eigenvalue weighted by molar-refractivity contribution is 5.92.